The Labute approximate surface area is 113 Å². The summed E-state index contributed by atoms with van der Waals surface area (Å²) < 4.78 is 5.58. The molecule has 3 atom stereocenters. The maximum atomic E-state index is 12.6. The average Bonchev–Trinajstić information content (AvgIpc) is 2.84. The second kappa shape index (κ2) is 4.85. The van der Waals surface area contributed by atoms with Gasteiger partial charge in [0, 0.05) is 18.7 Å². The molecule has 0 radical (unpaired) electrons. The van der Waals surface area contributed by atoms with Crippen LogP contribution in [0.2, 0.25) is 0 Å². The number of hydrogen-bond donors (Lipinski definition) is 1. The third kappa shape index (κ3) is 2.32. The van der Waals surface area contributed by atoms with Gasteiger partial charge in [-0.1, -0.05) is 18.2 Å². The Morgan fingerprint density at radius 3 is 2.95 bits per heavy atom. The number of fused-ring (bicyclic) bond motifs is 1. The van der Waals surface area contributed by atoms with Gasteiger partial charge in [0.05, 0.1) is 18.8 Å². The van der Waals surface area contributed by atoms with Crippen molar-refractivity contribution in [2.24, 2.45) is 0 Å². The summed E-state index contributed by atoms with van der Waals surface area (Å²) in [5.41, 5.74) is 2.32. The van der Waals surface area contributed by atoms with E-state index in [9.17, 15) is 4.79 Å². The minimum absolute atomic E-state index is 0.120. The number of carbonyl (C=O) groups is 1. The molecule has 19 heavy (non-hydrogen) atoms. The van der Waals surface area contributed by atoms with Crippen molar-refractivity contribution in [1.29, 1.82) is 0 Å². The zero-order chi connectivity index (χ0) is 13.4. The van der Waals surface area contributed by atoms with Gasteiger partial charge in [-0.25, -0.2) is 0 Å². The van der Waals surface area contributed by atoms with Crippen LogP contribution in [-0.4, -0.2) is 42.1 Å². The van der Waals surface area contributed by atoms with E-state index in [0.29, 0.717) is 13.2 Å². The first-order valence-corrected chi connectivity index (χ1v) is 6.91. The molecule has 3 rings (SSSR count). The van der Waals surface area contributed by atoms with Crippen molar-refractivity contribution in [3.05, 3.63) is 29.8 Å². The number of ether oxygens (including phenoxy) is 1. The molecule has 4 heteroatoms. The minimum atomic E-state index is -0.120. The molecule has 2 aliphatic heterocycles. The number of morpholine rings is 1. The highest BCUT2D eigenvalue weighted by molar-refractivity contribution is 5.87. The second-order valence-electron chi connectivity index (χ2n) is 5.54. The SMILES string of the molecule is CC1CN(C(=O)C2Cc3ccccc3N2)C(C)CO1. The van der Waals surface area contributed by atoms with Crippen LogP contribution in [0.25, 0.3) is 0 Å². The fraction of sp³-hybridized carbons (Fsp3) is 0.533. The fourth-order valence-corrected chi connectivity index (χ4v) is 2.86. The van der Waals surface area contributed by atoms with Crippen LogP contribution in [0.3, 0.4) is 0 Å². The molecule has 0 aromatic heterocycles. The van der Waals surface area contributed by atoms with E-state index in [1.807, 2.05) is 36.9 Å². The van der Waals surface area contributed by atoms with E-state index in [4.69, 9.17) is 4.74 Å². The van der Waals surface area contributed by atoms with Crippen molar-refractivity contribution >= 4 is 11.6 Å². The molecule has 1 fully saturated rings. The van der Waals surface area contributed by atoms with Gasteiger partial charge in [0.15, 0.2) is 0 Å². The van der Waals surface area contributed by atoms with E-state index in [1.165, 1.54) is 5.56 Å². The average molecular weight is 260 g/mol. The van der Waals surface area contributed by atoms with Gasteiger partial charge in [0.25, 0.3) is 0 Å². The van der Waals surface area contributed by atoms with Gasteiger partial charge in [0.2, 0.25) is 5.91 Å². The number of nitrogens with zero attached hydrogens (tertiary/aromatic N) is 1. The van der Waals surface area contributed by atoms with E-state index < -0.39 is 0 Å². The van der Waals surface area contributed by atoms with Gasteiger partial charge in [0.1, 0.15) is 6.04 Å². The molecule has 1 N–H and O–H groups in total. The second-order valence-corrected chi connectivity index (χ2v) is 5.54. The summed E-state index contributed by atoms with van der Waals surface area (Å²) in [5.74, 6) is 0.193. The van der Waals surface area contributed by atoms with Crippen LogP contribution in [-0.2, 0) is 16.0 Å². The summed E-state index contributed by atoms with van der Waals surface area (Å²) in [5, 5.41) is 3.33. The molecule has 102 valence electrons. The Morgan fingerprint density at radius 1 is 1.37 bits per heavy atom. The lowest BCUT2D eigenvalue weighted by Gasteiger charge is -2.38. The zero-order valence-electron chi connectivity index (χ0n) is 11.4. The van der Waals surface area contributed by atoms with Gasteiger partial charge >= 0.3 is 0 Å². The Bertz CT molecular complexity index is 464. The monoisotopic (exact) mass is 260 g/mol. The third-order valence-corrected chi connectivity index (χ3v) is 3.96. The number of para-hydroxylation sites is 1. The Balaban J connectivity index is 1.72. The lowest BCUT2D eigenvalue weighted by atomic mass is 10.1. The summed E-state index contributed by atoms with van der Waals surface area (Å²) in [4.78, 5) is 14.6. The predicted octanol–water partition coefficient (Wildman–Crippen LogP) is 1.66. The van der Waals surface area contributed by atoms with E-state index in [1.54, 1.807) is 0 Å². The highest BCUT2D eigenvalue weighted by Gasteiger charge is 2.34. The molecule has 2 heterocycles. The highest BCUT2D eigenvalue weighted by Crippen LogP contribution is 2.27. The van der Waals surface area contributed by atoms with Crippen LogP contribution < -0.4 is 5.32 Å². The molecular weight excluding hydrogens is 240 g/mol. The topological polar surface area (TPSA) is 41.6 Å². The van der Waals surface area contributed by atoms with Crippen molar-refractivity contribution < 1.29 is 9.53 Å². The summed E-state index contributed by atoms with van der Waals surface area (Å²) in [7, 11) is 0. The van der Waals surface area contributed by atoms with Crippen molar-refractivity contribution in [3.63, 3.8) is 0 Å². The van der Waals surface area contributed by atoms with Gasteiger partial charge in [-0.15, -0.1) is 0 Å². The number of benzene rings is 1. The quantitative estimate of drug-likeness (QED) is 0.835. The predicted molar refractivity (Wildman–Crippen MR) is 74.1 cm³/mol. The van der Waals surface area contributed by atoms with Crippen LogP contribution in [0.1, 0.15) is 19.4 Å². The van der Waals surface area contributed by atoms with Gasteiger partial charge in [-0.2, -0.15) is 0 Å². The molecule has 1 aromatic carbocycles. The van der Waals surface area contributed by atoms with E-state index in [-0.39, 0.29) is 24.1 Å². The lowest BCUT2D eigenvalue weighted by Crippen LogP contribution is -2.54. The molecule has 0 saturated carbocycles. The Hall–Kier alpha value is -1.55. The van der Waals surface area contributed by atoms with Crippen molar-refractivity contribution in [3.8, 4) is 0 Å². The normalized spacial score (nSPS) is 29.8. The number of rotatable bonds is 1. The maximum Gasteiger partial charge on any atom is 0.245 e. The first-order valence-electron chi connectivity index (χ1n) is 6.91. The van der Waals surface area contributed by atoms with Crippen molar-refractivity contribution in [2.75, 3.05) is 18.5 Å². The number of nitrogens with one attached hydrogen (secondary N) is 1. The molecule has 2 aliphatic rings. The van der Waals surface area contributed by atoms with Crippen LogP contribution >= 0.6 is 0 Å². The van der Waals surface area contributed by atoms with Crippen molar-refractivity contribution in [1.82, 2.24) is 4.90 Å². The number of amides is 1. The molecule has 3 unspecified atom stereocenters. The van der Waals surface area contributed by atoms with E-state index in [0.717, 1.165) is 12.1 Å². The molecule has 4 nitrogen and oxygen atoms in total. The molecule has 1 saturated heterocycles. The Kier molecular flexibility index (Phi) is 3.19. The van der Waals surface area contributed by atoms with Gasteiger partial charge in [-0.3, -0.25) is 4.79 Å². The van der Waals surface area contributed by atoms with Crippen LogP contribution in [0.15, 0.2) is 24.3 Å². The fourth-order valence-electron chi connectivity index (χ4n) is 2.86. The molecular formula is C15H20N2O2. The first kappa shape index (κ1) is 12.5. The summed E-state index contributed by atoms with van der Waals surface area (Å²) in [6.45, 7) is 5.38. The molecule has 1 aromatic rings. The third-order valence-electron chi connectivity index (χ3n) is 3.96. The van der Waals surface area contributed by atoms with E-state index in [2.05, 4.69) is 11.4 Å². The minimum Gasteiger partial charge on any atom is -0.375 e. The number of hydrogen-bond acceptors (Lipinski definition) is 3. The van der Waals surface area contributed by atoms with Gasteiger partial charge < -0.3 is 15.0 Å². The molecule has 0 spiro atoms. The molecule has 0 aliphatic carbocycles. The van der Waals surface area contributed by atoms with Crippen LogP contribution in [0.4, 0.5) is 5.69 Å². The molecule has 0 bridgehead atoms. The van der Waals surface area contributed by atoms with Crippen LogP contribution in [0.5, 0.6) is 0 Å². The largest absolute Gasteiger partial charge is 0.375 e. The van der Waals surface area contributed by atoms with E-state index >= 15 is 0 Å². The summed E-state index contributed by atoms with van der Waals surface area (Å²) >= 11 is 0. The Morgan fingerprint density at radius 2 is 2.16 bits per heavy atom. The number of anilines is 1. The number of carbonyl (C=O) groups excluding carboxylic acids is 1. The highest BCUT2D eigenvalue weighted by atomic mass is 16.5. The zero-order valence-corrected chi connectivity index (χ0v) is 11.4. The molecule has 1 amide bonds. The van der Waals surface area contributed by atoms with Crippen LogP contribution in [0, 0.1) is 0 Å². The van der Waals surface area contributed by atoms with Crippen molar-refractivity contribution in [2.45, 2.75) is 38.5 Å². The van der Waals surface area contributed by atoms with Gasteiger partial charge in [-0.05, 0) is 25.5 Å². The first-order chi connectivity index (χ1) is 9.15. The smallest absolute Gasteiger partial charge is 0.245 e. The summed E-state index contributed by atoms with van der Waals surface area (Å²) in [6.07, 6.45) is 0.914. The lowest BCUT2D eigenvalue weighted by molar-refractivity contribution is -0.143. The standard InChI is InChI=1S/C15H20N2O2/c1-10-9-19-11(2)8-17(10)15(18)14-7-12-5-3-4-6-13(12)16-14/h3-6,10-11,14,16H,7-9H2,1-2H3. The summed E-state index contributed by atoms with van der Waals surface area (Å²) in [6, 6.07) is 8.18. The maximum absolute atomic E-state index is 12.6.